The molecular formula is C32H26N2O5. The van der Waals surface area contributed by atoms with Gasteiger partial charge in [-0.25, -0.2) is 4.89 Å². The summed E-state index contributed by atoms with van der Waals surface area (Å²) in [6.07, 6.45) is 9.41. The molecule has 1 saturated heterocycles. The standard InChI is InChI=1S/C32H26N2O5/c1-36-32-28-13-23(35)7-5-17(28)6-8-24-14-27(20(15-33)16-34)25-3-2-4-26(30(25)37-24)29-18-9-21-11-19(29)12-22(10-18)31(21,32)38-39-32/h2-8,13-14,18-19,21-22,29,35H,9-12H2,1H3/b8-6+. The molecule has 2 aromatic carbocycles. The molecule has 8 bridgehead atoms. The minimum absolute atomic E-state index is 0.0576. The van der Waals surface area contributed by atoms with Crippen LogP contribution in [0.2, 0.25) is 0 Å². The summed E-state index contributed by atoms with van der Waals surface area (Å²) in [6.45, 7) is 0. The molecule has 10 aliphatic rings. The van der Waals surface area contributed by atoms with Gasteiger partial charge in [0.1, 0.15) is 35.0 Å². The summed E-state index contributed by atoms with van der Waals surface area (Å²) < 4.78 is 12.8. The Kier molecular flexibility index (Phi) is 4.63. The maximum Gasteiger partial charge on any atom is 0.261 e. The number of para-hydroxylation sites is 1. The quantitative estimate of drug-likeness (QED) is 0.373. The Morgan fingerprint density at radius 2 is 1.74 bits per heavy atom. The number of phenolic OH excluding ortho intramolecular Hbond substituents is 1. The number of ether oxygens (including phenoxy) is 2. The summed E-state index contributed by atoms with van der Waals surface area (Å²) in [6, 6.07) is 15.5. The number of nitriles is 2. The topological polar surface area (TPSA) is 105 Å². The molecule has 1 atom stereocenters. The highest BCUT2D eigenvalue weighted by atomic mass is 17.3. The first-order chi connectivity index (χ1) is 19.0. The molecule has 0 amide bonds. The van der Waals surface area contributed by atoms with Gasteiger partial charge in [0.15, 0.2) is 5.60 Å². The van der Waals surface area contributed by atoms with Crippen LogP contribution in [-0.4, -0.2) is 17.8 Å². The number of hydrogen-bond donors (Lipinski definition) is 1. The smallest absolute Gasteiger partial charge is 0.261 e. The molecule has 0 aromatic heterocycles. The average Bonchev–Trinajstić information content (AvgIpc) is 2.92. The number of phenols is 1. The molecule has 39 heavy (non-hydrogen) atoms. The monoisotopic (exact) mass is 518 g/mol. The van der Waals surface area contributed by atoms with E-state index in [1.807, 2.05) is 30.4 Å². The van der Waals surface area contributed by atoms with E-state index >= 15 is 0 Å². The van der Waals surface area contributed by atoms with Gasteiger partial charge in [0.25, 0.3) is 5.79 Å². The highest BCUT2D eigenvalue weighted by Crippen LogP contribution is 2.72. The van der Waals surface area contributed by atoms with E-state index in [0.29, 0.717) is 29.1 Å². The van der Waals surface area contributed by atoms with E-state index in [-0.39, 0.29) is 23.2 Å². The molecule has 1 spiro atoms. The number of hydrogen-bond acceptors (Lipinski definition) is 7. The van der Waals surface area contributed by atoms with Crippen molar-refractivity contribution in [3.05, 3.63) is 82.1 Å². The Bertz CT molecular complexity index is 1570. The Hall–Kier alpha value is -3.88. The predicted octanol–water partition coefficient (Wildman–Crippen LogP) is 5.85. The molecule has 1 unspecified atom stereocenters. The van der Waals surface area contributed by atoms with Gasteiger partial charge in [0.2, 0.25) is 0 Å². The molecule has 4 aliphatic carbocycles. The van der Waals surface area contributed by atoms with E-state index in [0.717, 1.165) is 53.7 Å². The SMILES string of the molecule is COC12OOC13C1CC4CC3CC(C1)C4c1cccc3c1OC(=CC3=C(C#N)C#N)/C=C/c1ccc(O)cc12. The van der Waals surface area contributed by atoms with E-state index in [1.165, 1.54) is 0 Å². The number of allylic oxidation sites excluding steroid dienone is 4. The summed E-state index contributed by atoms with van der Waals surface area (Å²) in [5, 5.41) is 30.1. The molecule has 4 saturated carbocycles. The minimum atomic E-state index is -1.14. The zero-order chi connectivity index (χ0) is 26.5. The molecule has 6 aliphatic heterocycles. The minimum Gasteiger partial charge on any atom is -0.508 e. The normalized spacial score (nSPS) is 36.8. The second kappa shape index (κ2) is 7.83. The number of nitrogens with zero attached hydrogens (tertiary/aromatic N) is 2. The number of methoxy groups -OCH3 is 1. The molecule has 6 heterocycles. The van der Waals surface area contributed by atoms with E-state index in [2.05, 4.69) is 18.2 Å². The van der Waals surface area contributed by atoms with Crippen LogP contribution < -0.4 is 4.74 Å². The predicted molar refractivity (Wildman–Crippen MR) is 139 cm³/mol. The van der Waals surface area contributed by atoms with Crippen molar-refractivity contribution < 1.29 is 24.4 Å². The lowest BCUT2D eigenvalue weighted by Gasteiger charge is -2.70. The summed E-state index contributed by atoms with van der Waals surface area (Å²) in [5.74, 6) is 1.98. The van der Waals surface area contributed by atoms with Crippen LogP contribution in [0, 0.1) is 46.3 Å². The lowest BCUT2D eigenvalue weighted by atomic mass is 9.43. The van der Waals surface area contributed by atoms with Gasteiger partial charge in [0, 0.05) is 23.8 Å². The van der Waals surface area contributed by atoms with Gasteiger partial charge in [-0.15, -0.1) is 0 Å². The molecule has 194 valence electrons. The average molecular weight is 519 g/mol. The molecule has 7 heteroatoms. The number of rotatable bonds is 1. The maximum absolute atomic E-state index is 10.6. The van der Waals surface area contributed by atoms with E-state index in [9.17, 15) is 15.6 Å². The van der Waals surface area contributed by atoms with Crippen molar-refractivity contribution in [2.24, 2.45) is 23.7 Å². The fourth-order valence-electron chi connectivity index (χ4n) is 8.90. The zero-order valence-electron chi connectivity index (χ0n) is 21.4. The molecule has 0 radical (unpaired) electrons. The van der Waals surface area contributed by atoms with Gasteiger partial charge in [-0.1, -0.05) is 30.3 Å². The van der Waals surface area contributed by atoms with Gasteiger partial charge in [0.05, 0.1) is 0 Å². The summed E-state index contributed by atoms with van der Waals surface area (Å²) in [4.78, 5) is 12.2. The third-order valence-corrected chi connectivity index (χ3v) is 10.2. The highest BCUT2D eigenvalue weighted by Gasteiger charge is 2.78. The van der Waals surface area contributed by atoms with Crippen LogP contribution in [-0.2, 0) is 20.3 Å². The summed E-state index contributed by atoms with van der Waals surface area (Å²) in [7, 11) is 1.66. The third kappa shape index (κ3) is 2.75. The van der Waals surface area contributed by atoms with Crippen LogP contribution in [0.15, 0.2) is 59.9 Å². The van der Waals surface area contributed by atoms with Gasteiger partial charge < -0.3 is 14.6 Å². The van der Waals surface area contributed by atoms with Gasteiger partial charge in [-0.2, -0.15) is 15.4 Å². The van der Waals surface area contributed by atoms with Crippen LogP contribution in [0.4, 0.5) is 0 Å². The molecule has 2 aromatic rings. The van der Waals surface area contributed by atoms with Crippen LogP contribution in [0.5, 0.6) is 11.5 Å². The first kappa shape index (κ1) is 23.0. The summed E-state index contributed by atoms with van der Waals surface area (Å²) >= 11 is 0. The van der Waals surface area contributed by atoms with Gasteiger partial charge >= 0.3 is 0 Å². The van der Waals surface area contributed by atoms with Crippen molar-refractivity contribution >= 4 is 11.6 Å². The Labute approximate surface area is 226 Å². The van der Waals surface area contributed by atoms with Gasteiger partial charge in [-0.3, -0.25) is 0 Å². The fraction of sp³-hybridized carbons (Fsp3) is 0.375. The Morgan fingerprint density at radius 3 is 2.38 bits per heavy atom. The first-order valence-electron chi connectivity index (χ1n) is 13.5. The van der Waals surface area contributed by atoms with E-state index in [4.69, 9.17) is 19.2 Å². The third-order valence-electron chi connectivity index (χ3n) is 10.2. The lowest BCUT2D eigenvalue weighted by molar-refractivity contribution is -0.646. The van der Waals surface area contributed by atoms with Crippen LogP contribution >= 0.6 is 0 Å². The van der Waals surface area contributed by atoms with Crippen LogP contribution in [0.1, 0.15) is 53.9 Å². The second-order valence-corrected chi connectivity index (χ2v) is 11.7. The van der Waals surface area contributed by atoms with Gasteiger partial charge in [-0.05, 0) is 90.7 Å². The highest BCUT2D eigenvalue weighted by molar-refractivity contribution is 5.88. The number of aromatic hydroxyl groups is 1. The Morgan fingerprint density at radius 1 is 1.00 bits per heavy atom. The molecular weight excluding hydrogens is 492 g/mol. The second-order valence-electron chi connectivity index (χ2n) is 11.7. The molecule has 12 rings (SSSR count). The largest absolute Gasteiger partial charge is 0.508 e. The zero-order valence-corrected chi connectivity index (χ0v) is 21.4. The van der Waals surface area contributed by atoms with E-state index < -0.39 is 11.4 Å². The summed E-state index contributed by atoms with van der Waals surface area (Å²) in [5.41, 5.74) is 3.50. The van der Waals surface area contributed by atoms with Crippen LogP contribution in [0.25, 0.3) is 11.6 Å². The van der Waals surface area contributed by atoms with Crippen LogP contribution in [0.3, 0.4) is 0 Å². The molecule has 7 nitrogen and oxygen atoms in total. The van der Waals surface area contributed by atoms with Crippen molar-refractivity contribution in [1.82, 2.24) is 0 Å². The van der Waals surface area contributed by atoms with Crippen molar-refractivity contribution in [2.45, 2.75) is 43.0 Å². The van der Waals surface area contributed by atoms with E-state index in [1.54, 1.807) is 25.3 Å². The van der Waals surface area contributed by atoms with Crippen molar-refractivity contribution in [2.75, 3.05) is 7.11 Å². The van der Waals surface area contributed by atoms with Crippen molar-refractivity contribution in [1.29, 1.82) is 10.5 Å². The molecule has 1 N–H and O–H groups in total. The number of benzene rings is 2. The maximum atomic E-state index is 10.6. The van der Waals surface area contributed by atoms with Crippen molar-refractivity contribution in [3.8, 4) is 23.6 Å². The van der Waals surface area contributed by atoms with Crippen molar-refractivity contribution in [3.63, 3.8) is 0 Å². The first-order valence-corrected chi connectivity index (χ1v) is 13.5. The molecule has 5 fully saturated rings. The Balaban J connectivity index is 1.42. The fourth-order valence-corrected chi connectivity index (χ4v) is 8.90. The lowest BCUT2D eigenvalue weighted by Crippen LogP contribution is -2.77.